The SMILES string of the molecule is CCCc1nc(CNC(C)C)sc1C(=O)O. The summed E-state index contributed by atoms with van der Waals surface area (Å²) in [5.41, 5.74) is 0.723. The van der Waals surface area contributed by atoms with Gasteiger partial charge in [-0.25, -0.2) is 9.78 Å². The van der Waals surface area contributed by atoms with E-state index in [-0.39, 0.29) is 0 Å². The number of nitrogens with zero attached hydrogens (tertiary/aromatic N) is 1. The average Bonchev–Trinajstić information content (AvgIpc) is 2.59. The number of aryl methyl sites for hydroxylation is 1. The Morgan fingerprint density at radius 3 is 2.75 bits per heavy atom. The van der Waals surface area contributed by atoms with E-state index in [4.69, 9.17) is 5.11 Å². The van der Waals surface area contributed by atoms with Crippen LogP contribution in [0.2, 0.25) is 0 Å². The summed E-state index contributed by atoms with van der Waals surface area (Å²) < 4.78 is 0. The van der Waals surface area contributed by atoms with Crippen molar-refractivity contribution in [3.8, 4) is 0 Å². The molecular weight excluding hydrogens is 224 g/mol. The summed E-state index contributed by atoms with van der Waals surface area (Å²) >= 11 is 1.28. The topological polar surface area (TPSA) is 62.2 Å². The maximum absolute atomic E-state index is 11.0. The molecule has 0 saturated carbocycles. The largest absolute Gasteiger partial charge is 0.477 e. The van der Waals surface area contributed by atoms with Gasteiger partial charge in [0, 0.05) is 12.6 Å². The Hall–Kier alpha value is -0.940. The van der Waals surface area contributed by atoms with E-state index in [0.29, 0.717) is 17.5 Å². The zero-order valence-corrected chi connectivity index (χ0v) is 10.7. The number of carbonyl (C=O) groups is 1. The molecular formula is C11H18N2O2S. The minimum atomic E-state index is -0.864. The molecule has 1 heterocycles. The predicted molar refractivity (Wildman–Crippen MR) is 65.0 cm³/mol. The number of rotatable bonds is 6. The van der Waals surface area contributed by atoms with E-state index in [1.807, 2.05) is 6.92 Å². The van der Waals surface area contributed by atoms with Gasteiger partial charge in [0.05, 0.1) is 5.69 Å². The van der Waals surface area contributed by atoms with Crippen molar-refractivity contribution in [1.29, 1.82) is 0 Å². The van der Waals surface area contributed by atoms with Gasteiger partial charge in [0.1, 0.15) is 9.88 Å². The first-order valence-electron chi connectivity index (χ1n) is 5.49. The molecule has 90 valence electrons. The van der Waals surface area contributed by atoms with Crippen LogP contribution in [0, 0.1) is 0 Å². The third-order valence-corrected chi connectivity index (χ3v) is 3.17. The van der Waals surface area contributed by atoms with Gasteiger partial charge in [0.25, 0.3) is 0 Å². The van der Waals surface area contributed by atoms with E-state index < -0.39 is 5.97 Å². The molecule has 0 spiro atoms. The zero-order valence-electron chi connectivity index (χ0n) is 9.91. The first-order valence-corrected chi connectivity index (χ1v) is 6.31. The Balaban J connectivity index is 2.79. The third-order valence-electron chi connectivity index (χ3n) is 2.08. The maximum Gasteiger partial charge on any atom is 0.347 e. The molecule has 0 aliphatic rings. The van der Waals surface area contributed by atoms with Crippen molar-refractivity contribution in [3.05, 3.63) is 15.6 Å². The summed E-state index contributed by atoms with van der Waals surface area (Å²) in [6.07, 6.45) is 1.65. The minimum Gasteiger partial charge on any atom is -0.477 e. The molecule has 2 N–H and O–H groups in total. The summed E-state index contributed by atoms with van der Waals surface area (Å²) in [6, 6.07) is 0.381. The number of aromatic carboxylic acids is 1. The highest BCUT2D eigenvalue weighted by molar-refractivity contribution is 7.13. The van der Waals surface area contributed by atoms with Crippen LogP contribution < -0.4 is 5.32 Å². The molecule has 1 aromatic rings. The van der Waals surface area contributed by atoms with Crippen LogP contribution in [0.5, 0.6) is 0 Å². The summed E-state index contributed by atoms with van der Waals surface area (Å²) in [5, 5.41) is 13.1. The number of hydrogen-bond acceptors (Lipinski definition) is 4. The van der Waals surface area contributed by atoms with Gasteiger partial charge in [-0.05, 0) is 6.42 Å². The molecule has 0 amide bonds. The van der Waals surface area contributed by atoms with Crippen LogP contribution >= 0.6 is 11.3 Å². The second kappa shape index (κ2) is 5.96. The van der Waals surface area contributed by atoms with Gasteiger partial charge in [-0.15, -0.1) is 11.3 Å². The predicted octanol–water partition coefficient (Wildman–Crippen LogP) is 2.29. The van der Waals surface area contributed by atoms with Crippen molar-refractivity contribution in [1.82, 2.24) is 10.3 Å². The first-order chi connectivity index (χ1) is 7.54. The Kier molecular flexibility index (Phi) is 4.89. The lowest BCUT2D eigenvalue weighted by Crippen LogP contribution is -2.21. The molecule has 0 saturated heterocycles. The van der Waals surface area contributed by atoms with Crippen LogP contribution in [0.3, 0.4) is 0 Å². The number of aromatic nitrogens is 1. The molecule has 0 atom stereocenters. The van der Waals surface area contributed by atoms with Crippen LogP contribution in [-0.2, 0) is 13.0 Å². The van der Waals surface area contributed by atoms with Gasteiger partial charge in [-0.2, -0.15) is 0 Å². The Labute approximate surface area is 99.7 Å². The fourth-order valence-electron chi connectivity index (χ4n) is 1.34. The summed E-state index contributed by atoms with van der Waals surface area (Å²) in [7, 11) is 0. The van der Waals surface area contributed by atoms with Crippen molar-refractivity contribution in [2.24, 2.45) is 0 Å². The molecule has 0 aromatic carbocycles. The standard InChI is InChI=1S/C11H18N2O2S/c1-4-5-8-10(11(14)15)16-9(13-8)6-12-7(2)3/h7,12H,4-6H2,1-3H3,(H,14,15). The van der Waals surface area contributed by atoms with Gasteiger partial charge in [0.2, 0.25) is 0 Å². The molecule has 16 heavy (non-hydrogen) atoms. The molecule has 0 fully saturated rings. The van der Waals surface area contributed by atoms with Crippen molar-refractivity contribution < 1.29 is 9.90 Å². The van der Waals surface area contributed by atoms with Crippen molar-refractivity contribution in [3.63, 3.8) is 0 Å². The average molecular weight is 242 g/mol. The van der Waals surface area contributed by atoms with Crippen LogP contribution in [-0.4, -0.2) is 22.1 Å². The van der Waals surface area contributed by atoms with Crippen LogP contribution in [0.1, 0.15) is 47.6 Å². The number of carboxylic acid groups (broad SMARTS) is 1. The van der Waals surface area contributed by atoms with E-state index in [9.17, 15) is 4.79 Å². The molecule has 0 aliphatic heterocycles. The lowest BCUT2D eigenvalue weighted by molar-refractivity contribution is 0.0700. The van der Waals surface area contributed by atoms with Gasteiger partial charge >= 0.3 is 5.97 Å². The van der Waals surface area contributed by atoms with Crippen molar-refractivity contribution >= 4 is 17.3 Å². The molecule has 1 rings (SSSR count). The molecule has 0 unspecified atom stereocenters. The number of carboxylic acids is 1. The van der Waals surface area contributed by atoms with Crippen molar-refractivity contribution in [2.45, 2.75) is 46.2 Å². The molecule has 0 aliphatic carbocycles. The van der Waals surface area contributed by atoms with E-state index in [2.05, 4.69) is 24.1 Å². The summed E-state index contributed by atoms with van der Waals surface area (Å²) in [6.45, 7) is 6.78. The van der Waals surface area contributed by atoms with E-state index in [1.165, 1.54) is 11.3 Å². The monoisotopic (exact) mass is 242 g/mol. The normalized spacial score (nSPS) is 11.0. The fourth-order valence-corrected chi connectivity index (χ4v) is 2.24. The van der Waals surface area contributed by atoms with Crippen LogP contribution in [0.25, 0.3) is 0 Å². The minimum absolute atomic E-state index is 0.381. The molecule has 5 heteroatoms. The maximum atomic E-state index is 11.0. The van der Waals surface area contributed by atoms with Crippen LogP contribution in [0.15, 0.2) is 0 Å². The van der Waals surface area contributed by atoms with Crippen molar-refractivity contribution in [2.75, 3.05) is 0 Å². The highest BCUT2D eigenvalue weighted by atomic mass is 32.1. The van der Waals surface area contributed by atoms with E-state index in [0.717, 1.165) is 23.5 Å². The van der Waals surface area contributed by atoms with Crippen LogP contribution in [0.4, 0.5) is 0 Å². The zero-order chi connectivity index (χ0) is 12.1. The van der Waals surface area contributed by atoms with E-state index >= 15 is 0 Å². The number of hydrogen-bond donors (Lipinski definition) is 2. The second-order valence-electron chi connectivity index (χ2n) is 3.97. The lowest BCUT2D eigenvalue weighted by atomic mass is 10.2. The number of thiazole rings is 1. The molecule has 1 aromatic heterocycles. The van der Waals surface area contributed by atoms with Gasteiger partial charge in [-0.3, -0.25) is 0 Å². The highest BCUT2D eigenvalue weighted by Gasteiger charge is 2.16. The first kappa shape index (κ1) is 13.1. The molecule has 4 nitrogen and oxygen atoms in total. The van der Waals surface area contributed by atoms with Gasteiger partial charge < -0.3 is 10.4 Å². The third kappa shape index (κ3) is 3.57. The Morgan fingerprint density at radius 2 is 2.25 bits per heavy atom. The quantitative estimate of drug-likeness (QED) is 0.803. The Bertz CT molecular complexity index is 361. The second-order valence-corrected chi connectivity index (χ2v) is 5.06. The lowest BCUT2D eigenvalue weighted by Gasteiger charge is -2.04. The number of nitrogens with one attached hydrogen (secondary N) is 1. The molecule has 0 radical (unpaired) electrons. The van der Waals surface area contributed by atoms with Gasteiger partial charge in [0.15, 0.2) is 0 Å². The smallest absolute Gasteiger partial charge is 0.347 e. The van der Waals surface area contributed by atoms with E-state index in [1.54, 1.807) is 0 Å². The highest BCUT2D eigenvalue weighted by Crippen LogP contribution is 2.20. The fraction of sp³-hybridized carbons (Fsp3) is 0.636. The molecule has 0 bridgehead atoms. The summed E-state index contributed by atoms with van der Waals surface area (Å²) in [5.74, 6) is -0.864. The summed E-state index contributed by atoms with van der Waals surface area (Å²) in [4.78, 5) is 15.8. The Morgan fingerprint density at radius 1 is 1.56 bits per heavy atom. The van der Waals surface area contributed by atoms with Gasteiger partial charge in [-0.1, -0.05) is 27.2 Å².